The van der Waals surface area contributed by atoms with Gasteiger partial charge in [0, 0.05) is 30.1 Å². The van der Waals surface area contributed by atoms with Crippen molar-refractivity contribution < 1.29 is 22.8 Å². The maximum Gasteiger partial charge on any atom is 0.416 e. The molecule has 2 aliphatic rings. The summed E-state index contributed by atoms with van der Waals surface area (Å²) in [5.74, 6) is -0.662. The van der Waals surface area contributed by atoms with Gasteiger partial charge in [-0.25, -0.2) is 0 Å². The summed E-state index contributed by atoms with van der Waals surface area (Å²) in [4.78, 5) is 30.1. The molecule has 0 saturated carbocycles. The molecule has 0 N–H and O–H groups in total. The van der Waals surface area contributed by atoms with E-state index in [2.05, 4.69) is 5.10 Å². The van der Waals surface area contributed by atoms with Crippen LogP contribution in [0.15, 0.2) is 42.5 Å². The Morgan fingerprint density at radius 2 is 1.84 bits per heavy atom. The number of nitrogens with zero attached hydrogens (tertiary/aromatic N) is 4. The van der Waals surface area contributed by atoms with Crippen molar-refractivity contribution in [3.8, 4) is 0 Å². The van der Waals surface area contributed by atoms with Gasteiger partial charge in [-0.05, 0) is 43.7 Å². The van der Waals surface area contributed by atoms with E-state index in [0.29, 0.717) is 34.8 Å². The minimum Gasteiger partial charge on any atom is -0.331 e. The Hall–Kier alpha value is -3.04. The summed E-state index contributed by atoms with van der Waals surface area (Å²) < 4.78 is 42.6. The monoisotopic (exact) mass is 550 g/mol. The van der Waals surface area contributed by atoms with Gasteiger partial charge in [-0.3, -0.25) is 14.3 Å². The SMILES string of the molecule is C[C@@H]1Cc2nn3c(c2CN1C(=O)c1ccc(Cl)c(Cl)c1)C(=O)N([C@H](C)c1ccccc1C(F)(F)F)CC3. The van der Waals surface area contributed by atoms with Crippen LogP contribution in [-0.2, 0) is 25.7 Å². The van der Waals surface area contributed by atoms with Gasteiger partial charge < -0.3 is 9.80 Å². The molecule has 2 aromatic carbocycles. The zero-order valence-electron chi connectivity index (χ0n) is 20.0. The summed E-state index contributed by atoms with van der Waals surface area (Å²) in [6.45, 7) is 4.23. The summed E-state index contributed by atoms with van der Waals surface area (Å²) in [5.41, 5.74) is 1.31. The van der Waals surface area contributed by atoms with E-state index in [4.69, 9.17) is 23.2 Å². The average molecular weight is 551 g/mol. The van der Waals surface area contributed by atoms with Crippen LogP contribution in [-0.4, -0.2) is 44.0 Å². The van der Waals surface area contributed by atoms with Gasteiger partial charge in [0.15, 0.2) is 0 Å². The maximum absolute atomic E-state index is 13.7. The Bertz CT molecular complexity index is 1400. The van der Waals surface area contributed by atoms with Crippen LogP contribution in [0, 0.1) is 0 Å². The van der Waals surface area contributed by atoms with Gasteiger partial charge >= 0.3 is 6.18 Å². The summed E-state index contributed by atoms with van der Waals surface area (Å²) >= 11 is 12.1. The quantitative estimate of drug-likeness (QED) is 0.401. The Balaban J connectivity index is 1.46. The number of aromatic nitrogens is 2. The van der Waals surface area contributed by atoms with Gasteiger partial charge in [0.2, 0.25) is 0 Å². The predicted molar refractivity (Wildman–Crippen MR) is 133 cm³/mol. The van der Waals surface area contributed by atoms with E-state index in [1.807, 2.05) is 6.92 Å². The lowest BCUT2D eigenvalue weighted by Gasteiger charge is -2.36. The highest BCUT2D eigenvalue weighted by molar-refractivity contribution is 6.42. The normalized spacial score (nSPS) is 18.5. The number of carbonyl (C=O) groups is 2. The van der Waals surface area contributed by atoms with Crippen molar-refractivity contribution >= 4 is 35.0 Å². The molecule has 6 nitrogen and oxygen atoms in total. The van der Waals surface area contributed by atoms with Crippen molar-refractivity contribution in [1.82, 2.24) is 19.6 Å². The summed E-state index contributed by atoms with van der Waals surface area (Å²) in [6, 6.07) is 8.98. The molecule has 2 atom stereocenters. The number of rotatable bonds is 3. The smallest absolute Gasteiger partial charge is 0.331 e. The molecule has 3 heterocycles. The maximum atomic E-state index is 13.7. The second kappa shape index (κ2) is 9.36. The summed E-state index contributed by atoms with van der Waals surface area (Å²) in [7, 11) is 0. The van der Waals surface area contributed by atoms with Crippen molar-refractivity contribution in [3.05, 3.63) is 86.2 Å². The second-order valence-electron chi connectivity index (χ2n) is 9.37. The average Bonchev–Trinajstić information content (AvgIpc) is 3.22. The number of amides is 2. The Kier molecular flexibility index (Phi) is 6.48. The Morgan fingerprint density at radius 1 is 1.11 bits per heavy atom. The number of hydrogen-bond acceptors (Lipinski definition) is 3. The number of alkyl halides is 3. The lowest BCUT2D eigenvalue weighted by atomic mass is 9.96. The van der Waals surface area contributed by atoms with E-state index in [0.717, 1.165) is 11.8 Å². The zero-order chi connectivity index (χ0) is 26.6. The first-order valence-electron chi connectivity index (χ1n) is 11.8. The van der Waals surface area contributed by atoms with E-state index in [-0.39, 0.29) is 35.6 Å². The Labute approximate surface area is 221 Å². The van der Waals surface area contributed by atoms with Crippen LogP contribution in [0.1, 0.15) is 63.1 Å². The van der Waals surface area contributed by atoms with Gasteiger partial charge in [0.25, 0.3) is 11.8 Å². The molecule has 194 valence electrons. The molecular weight excluding hydrogens is 528 g/mol. The van der Waals surface area contributed by atoms with Crippen LogP contribution < -0.4 is 0 Å². The van der Waals surface area contributed by atoms with Gasteiger partial charge in [0.05, 0.1) is 40.4 Å². The lowest BCUT2D eigenvalue weighted by molar-refractivity contribution is -0.138. The first-order chi connectivity index (χ1) is 17.5. The third-order valence-electron chi connectivity index (χ3n) is 7.11. The topological polar surface area (TPSA) is 58.4 Å². The minimum atomic E-state index is -4.54. The van der Waals surface area contributed by atoms with Crippen LogP contribution in [0.4, 0.5) is 13.2 Å². The van der Waals surface area contributed by atoms with E-state index in [1.165, 1.54) is 29.2 Å². The van der Waals surface area contributed by atoms with Crippen molar-refractivity contribution in [2.75, 3.05) is 6.54 Å². The lowest BCUT2D eigenvalue weighted by Crippen LogP contribution is -2.45. The van der Waals surface area contributed by atoms with E-state index in [9.17, 15) is 22.8 Å². The molecule has 0 saturated heterocycles. The van der Waals surface area contributed by atoms with E-state index < -0.39 is 23.7 Å². The molecule has 0 radical (unpaired) electrons. The molecule has 0 aliphatic carbocycles. The highest BCUT2D eigenvalue weighted by atomic mass is 35.5. The van der Waals surface area contributed by atoms with Gasteiger partial charge in [-0.1, -0.05) is 41.4 Å². The zero-order valence-corrected chi connectivity index (χ0v) is 21.5. The fraction of sp³-hybridized carbons (Fsp3) is 0.346. The first-order valence-corrected chi connectivity index (χ1v) is 12.5. The predicted octanol–water partition coefficient (Wildman–Crippen LogP) is 6.01. The van der Waals surface area contributed by atoms with Gasteiger partial charge in [0.1, 0.15) is 5.69 Å². The number of carbonyl (C=O) groups excluding carboxylic acids is 2. The highest BCUT2D eigenvalue weighted by Crippen LogP contribution is 2.38. The first kappa shape index (κ1) is 25.6. The molecule has 3 aromatic rings. The molecule has 1 aromatic heterocycles. The molecule has 37 heavy (non-hydrogen) atoms. The standard InChI is InChI=1S/C26H23Cl2F3N4O2/c1-14-11-22-18(13-34(14)24(36)16-7-8-20(27)21(28)12-16)23-25(37)33(9-10-35(23)32-22)15(2)17-5-3-4-6-19(17)26(29,30)31/h3-8,12,14-15H,9-11,13H2,1-2H3/t14-,15-/m1/s1. The molecule has 0 unspecified atom stereocenters. The molecule has 0 bridgehead atoms. The number of fused-ring (bicyclic) bond motifs is 3. The summed E-state index contributed by atoms with van der Waals surface area (Å²) in [5, 5.41) is 5.22. The molecule has 0 spiro atoms. The van der Waals surface area contributed by atoms with Crippen LogP contribution in [0.25, 0.3) is 0 Å². The highest BCUT2D eigenvalue weighted by Gasteiger charge is 2.40. The molecule has 11 heteroatoms. The fourth-order valence-corrected chi connectivity index (χ4v) is 5.46. The van der Waals surface area contributed by atoms with Gasteiger partial charge in [-0.15, -0.1) is 0 Å². The molecule has 0 fully saturated rings. The number of hydrogen-bond donors (Lipinski definition) is 0. The van der Waals surface area contributed by atoms with Crippen molar-refractivity contribution in [2.45, 2.75) is 51.6 Å². The van der Waals surface area contributed by atoms with Crippen LogP contribution in [0.3, 0.4) is 0 Å². The molecular formula is C26H23Cl2F3N4O2. The molecule has 5 rings (SSSR count). The van der Waals surface area contributed by atoms with Crippen molar-refractivity contribution in [3.63, 3.8) is 0 Å². The van der Waals surface area contributed by atoms with Crippen molar-refractivity contribution in [2.24, 2.45) is 0 Å². The van der Waals surface area contributed by atoms with E-state index >= 15 is 0 Å². The largest absolute Gasteiger partial charge is 0.416 e. The number of benzene rings is 2. The van der Waals surface area contributed by atoms with Crippen molar-refractivity contribution in [1.29, 1.82) is 0 Å². The van der Waals surface area contributed by atoms with Crippen LogP contribution >= 0.6 is 23.2 Å². The molecule has 2 aliphatic heterocycles. The summed E-state index contributed by atoms with van der Waals surface area (Å²) in [6.07, 6.45) is -4.09. The Morgan fingerprint density at radius 3 is 2.54 bits per heavy atom. The third-order valence-corrected chi connectivity index (χ3v) is 7.85. The number of halogens is 5. The van der Waals surface area contributed by atoms with Crippen LogP contribution in [0.5, 0.6) is 0 Å². The van der Waals surface area contributed by atoms with Gasteiger partial charge in [-0.2, -0.15) is 18.3 Å². The van der Waals surface area contributed by atoms with E-state index in [1.54, 1.807) is 28.6 Å². The fourth-order valence-electron chi connectivity index (χ4n) is 5.16. The third kappa shape index (κ3) is 4.48. The minimum absolute atomic E-state index is 0.0372. The second-order valence-corrected chi connectivity index (χ2v) is 10.2. The molecule has 2 amide bonds. The van der Waals surface area contributed by atoms with Crippen LogP contribution in [0.2, 0.25) is 10.0 Å².